The Labute approximate surface area is 145 Å². The largest absolute Gasteiger partial charge is 0.496 e. The maximum Gasteiger partial charge on any atom is 0.496 e. The van der Waals surface area contributed by atoms with Crippen LogP contribution in [0.3, 0.4) is 0 Å². The van der Waals surface area contributed by atoms with Gasteiger partial charge in [-0.05, 0) is 40.6 Å². The number of nitrogens with zero attached hydrogens (tertiary/aromatic N) is 3. The van der Waals surface area contributed by atoms with Crippen molar-refractivity contribution in [3.63, 3.8) is 0 Å². The molecule has 0 radical (unpaired) electrons. The second kappa shape index (κ2) is 6.33. The Morgan fingerprint density at radius 1 is 1.08 bits per heavy atom. The van der Waals surface area contributed by atoms with E-state index in [2.05, 4.69) is 42.4 Å². The van der Waals surface area contributed by atoms with Gasteiger partial charge in [-0.2, -0.15) is 0 Å². The summed E-state index contributed by atoms with van der Waals surface area (Å²) in [7, 11) is -0.755. The third-order valence-electron chi connectivity index (χ3n) is 5.46. The monoisotopic (exact) mass is 331 g/mol. The summed E-state index contributed by atoms with van der Waals surface area (Å²) in [6, 6.07) is 4.06. The maximum absolute atomic E-state index is 9.64. The molecule has 0 saturated carbocycles. The maximum atomic E-state index is 9.64. The van der Waals surface area contributed by atoms with Crippen LogP contribution >= 0.6 is 0 Å². The van der Waals surface area contributed by atoms with Crippen molar-refractivity contribution in [2.45, 2.75) is 45.7 Å². The van der Waals surface area contributed by atoms with Gasteiger partial charge < -0.3 is 24.0 Å². The smallest absolute Gasteiger partial charge is 0.437 e. The molecule has 0 bridgehead atoms. The molecule has 1 aromatic heterocycles. The van der Waals surface area contributed by atoms with Crippen LogP contribution in [0.5, 0.6) is 0 Å². The minimum Gasteiger partial charge on any atom is -0.437 e. The van der Waals surface area contributed by atoms with Gasteiger partial charge in [-0.25, -0.2) is 4.98 Å². The lowest BCUT2D eigenvalue weighted by Crippen LogP contribution is -2.51. The van der Waals surface area contributed by atoms with Crippen LogP contribution in [-0.2, 0) is 9.31 Å². The topological polar surface area (TPSA) is 58.1 Å². The molecule has 2 aliphatic heterocycles. The summed E-state index contributed by atoms with van der Waals surface area (Å²) < 4.78 is 12.1. The summed E-state index contributed by atoms with van der Waals surface area (Å²) in [4.78, 5) is 8.90. The molecule has 130 valence electrons. The summed E-state index contributed by atoms with van der Waals surface area (Å²) in [5.74, 6) is 0.959. The van der Waals surface area contributed by atoms with Crippen LogP contribution < -0.4 is 10.4 Å². The molecule has 0 unspecified atom stereocenters. The Kier molecular flexibility index (Phi) is 4.68. The van der Waals surface area contributed by atoms with Crippen LogP contribution in [0.1, 0.15) is 27.7 Å². The Morgan fingerprint density at radius 3 is 2.12 bits per heavy atom. The van der Waals surface area contributed by atoms with E-state index in [0.29, 0.717) is 0 Å². The van der Waals surface area contributed by atoms with E-state index in [9.17, 15) is 5.02 Å². The van der Waals surface area contributed by atoms with E-state index in [1.165, 1.54) is 0 Å². The van der Waals surface area contributed by atoms with Crippen molar-refractivity contribution in [3.8, 4) is 0 Å². The van der Waals surface area contributed by atoms with Crippen molar-refractivity contribution in [2.24, 2.45) is 0 Å². The van der Waals surface area contributed by atoms with Gasteiger partial charge in [0.1, 0.15) is 5.82 Å². The van der Waals surface area contributed by atoms with Gasteiger partial charge in [0.15, 0.2) is 0 Å². The van der Waals surface area contributed by atoms with Crippen LogP contribution in [0.25, 0.3) is 0 Å². The Balaban J connectivity index is 1.65. The molecule has 3 rings (SSSR count). The fraction of sp³-hybridized carbons (Fsp3) is 0.688. The van der Waals surface area contributed by atoms with E-state index >= 15 is 0 Å². The fourth-order valence-corrected chi connectivity index (χ4v) is 3.03. The highest BCUT2D eigenvalue weighted by Crippen LogP contribution is 2.36. The fourth-order valence-electron chi connectivity index (χ4n) is 3.03. The predicted molar refractivity (Wildman–Crippen MR) is 97.6 cm³/mol. The van der Waals surface area contributed by atoms with Crippen LogP contribution in [-0.4, -0.2) is 66.4 Å². The lowest BCUT2D eigenvalue weighted by atomic mass is 9.80. The standard InChI is InChI=1S/C16H27B2N3O3/c1-15(2)16(3,4)24-18(23-15)13-6-7-14(19-12-13)20-8-10-21(11-9-20)17(5)22/h6-7,12,22H,8-11H2,1-5H3. The summed E-state index contributed by atoms with van der Waals surface area (Å²) >= 11 is 0. The molecule has 0 aromatic carbocycles. The first-order valence-corrected chi connectivity index (χ1v) is 8.68. The van der Waals surface area contributed by atoms with Crippen LogP contribution in [0.4, 0.5) is 5.82 Å². The van der Waals surface area contributed by atoms with Gasteiger partial charge in [-0.3, -0.25) is 0 Å². The molecule has 1 N–H and O–H groups in total. The molecule has 3 heterocycles. The third kappa shape index (κ3) is 3.33. The highest BCUT2D eigenvalue weighted by Gasteiger charge is 2.51. The van der Waals surface area contributed by atoms with E-state index in [1.807, 2.05) is 25.2 Å². The number of anilines is 1. The molecule has 2 fully saturated rings. The number of hydrogen-bond acceptors (Lipinski definition) is 6. The van der Waals surface area contributed by atoms with E-state index in [1.54, 1.807) is 0 Å². The van der Waals surface area contributed by atoms with Crippen molar-refractivity contribution in [3.05, 3.63) is 18.3 Å². The Bertz CT molecular complexity index is 556. The first-order chi connectivity index (χ1) is 11.2. The lowest BCUT2D eigenvalue weighted by molar-refractivity contribution is 0.00578. The van der Waals surface area contributed by atoms with Crippen molar-refractivity contribution in [1.82, 2.24) is 9.79 Å². The number of pyridine rings is 1. The zero-order chi connectivity index (χ0) is 17.5. The van der Waals surface area contributed by atoms with Gasteiger partial charge in [0.2, 0.25) is 0 Å². The SMILES string of the molecule is CB(O)N1CCN(c2ccc(B3OC(C)(C)C(C)(C)O3)cn2)CC1. The van der Waals surface area contributed by atoms with Gasteiger partial charge in [0.25, 0.3) is 0 Å². The quantitative estimate of drug-likeness (QED) is 0.820. The molecule has 24 heavy (non-hydrogen) atoms. The van der Waals surface area contributed by atoms with Crippen molar-refractivity contribution in [2.75, 3.05) is 31.1 Å². The Morgan fingerprint density at radius 2 is 1.67 bits per heavy atom. The average Bonchev–Trinajstić information content (AvgIpc) is 2.76. The van der Waals surface area contributed by atoms with E-state index in [-0.39, 0.29) is 25.4 Å². The summed E-state index contributed by atoms with van der Waals surface area (Å²) in [5, 5.41) is 9.64. The highest BCUT2D eigenvalue weighted by molar-refractivity contribution is 6.62. The van der Waals surface area contributed by atoms with Crippen molar-refractivity contribution in [1.29, 1.82) is 0 Å². The molecule has 6 nitrogen and oxygen atoms in total. The van der Waals surface area contributed by atoms with Crippen molar-refractivity contribution < 1.29 is 14.3 Å². The second-order valence-electron chi connectivity index (χ2n) is 7.69. The summed E-state index contributed by atoms with van der Waals surface area (Å²) in [5.41, 5.74) is 0.265. The van der Waals surface area contributed by atoms with Gasteiger partial charge >= 0.3 is 14.2 Å². The first-order valence-electron chi connectivity index (χ1n) is 8.68. The van der Waals surface area contributed by atoms with Crippen LogP contribution in [0, 0.1) is 0 Å². The number of aromatic nitrogens is 1. The minimum absolute atomic E-state index is 0.340. The average molecular weight is 331 g/mol. The molecule has 1 aromatic rings. The van der Waals surface area contributed by atoms with E-state index < -0.39 is 0 Å². The second-order valence-corrected chi connectivity index (χ2v) is 7.69. The molecular weight excluding hydrogens is 304 g/mol. The number of rotatable bonds is 3. The van der Waals surface area contributed by atoms with Gasteiger partial charge in [0, 0.05) is 37.8 Å². The minimum atomic E-state index is -0.383. The molecule has 2 saturated heterocycles. The van der Waals surface area contributed by atoms with Crippen molar-refractivity contribution >= 4 is 25.4 Å². The zero-order valence-corrected chi connectivity index (χ0v) is 15.3. The lowest BCUT2D eigenvalue weighted by Gasteiger charge is -2.36. The number of piperazine rings is 1. The molecule has 0 atom stereocenters. The molecule has 0 amide bonds. The van der Waals surface area contributed by atoms with Gasteiger partial charge in [0.05, 0.1) is 11.2 Å². The molecular formula is C16H27B2N3O3. The van der Waals surface area contributed by atoms with E-state index in [0.717, 1.165) is 37.5 Å². The third-order valence-corrected chi connectivity index (χ3v) is 5.46. The molecule has 2 aliphatic rings. The summed E-state index contributed by atoms with van der Waals surface area (Å²) in [6.07, 6.45) is 1.85. The normalized spacial score (nSPS) is 23.6. The zero-order valence-electron chi connectivity index (χ0n) is 15.3. The summed E-state index contributed by atoms with van der Waals surface area (Å²) in [6.45, 7) is 13.4. The Hall–Kier alpha value is -1.08. The number of hydrogen-bond donors (Lipinski definition) is 1. The van der Waals surface area contributed by atoms with Crippen LogP contribution in [0.15, 0.2) is 18.3 Å². The van der Waals surface area contributed by atoms with Crippen LogP contribution in [0.2, 0.25) is 6.82 Å². The van der Waals surface area contributed by atoms with Gasteiger partial charge in [-0.15, -0.1) is 0 Å². The first kappa shape index (κ1) is 17.7. The molecule has 0 spiro atoms. The molecule has 0 aliphatic carbocycles. The van der Waals surface area contributed by atoms with Gasteiger partial charge in [-0.1, -0.05) is 6.07 Å². The van der Waals surface area contributed by atoms with E-state index in [4.69, 9.17) is 9.31 Å². The molecule has 8 heteroatoms. The highest BCUT2D eigenvalue weighted by atomic mass is 16.7. The predicted octanol–water partition coefficient (Wildman–Crippen LogP) is 0.613.